The summed E-state index contributed by atoms with van der Waals surface area (Å²) >= 11 is 3.48. The first-order chi connectivity index (χ1) is 10.1. The molecule has 1 aromatic heterocycles. The summed E-state index contributed by atoms with van der Waals surface area (Å²) in [6.07, 6.45) is 0.787. The first-order valence-electron chi connectivity index (χ1n) is 6.81. The van der Waals surface area contributed by atoms with E-state index in [1.54, 1.807) is 0 Å². The van der Waals surface area contributed by atoms with Gasteiger partial charge in [-0.15, -0.1) is 0 Å². The molecule has 0 fully saturated rings. The number of halogens is 1. The molecule has 0 amide bonds. The van der Waals surface area contributed by atoms with Crippen molar-refractivity contribution in [1.82, 2.24) is 9.78 Å². The lowest BCUT2D eigenvalue weighted by molar-refractivity contribution is -0.117. The van der Waals surface area contributed by atoms with Gasteiger partial charge in [0.1, 0.15) is 5.78 Å². The Morgan fingerprint density at radius 2 is 1.81 bits per heavy atom. The van der Waals surface area contributed by atoms with Crippen molar-refractivity contribution < 1.29 is 4.79 Å². The van der Waals surface area contributed by atoms with Gasteiger partial charge in [-0.2, -0.15) is 5.10 Å². The largest absolute Gasteiger partial charge is 0.299 e. The SMILES string of the molecule is Cn1nc(CC(=O)Cc2ccccc2Br)c2ccccc21. The van der Waals surface area contributed by atoms with Gasteiger partial charge in [-0.1, -0.05) is 52.3 Å². The van der Waals surface area contributed by atoms with E-state index < -0.39 is 0 Å². The van der Waals surface area contributed by atoms with Crippen LogP contribution in [0.4, 0.5) is 0 Å². The number of hydrogen-bond acceptors (Lipinski definition) is 2. The normalized spacial score (nSPS) is 11.0. The van der Waals surface area contributed by atoms with Crippen molar-refractivity contribution in [2.45, 2.75) is 12.8 Å². The number of carbonyl (C=O) groups is 1. The fourth-order valence-corrected chi connectivity index (χ4v) is 2.95. The Morgan fingerprint density at radius 1 is 1.10 bits per heavy atom. The maximum atomic E-state index is 12.3. The second-order valence-electron chi connectivity index (χ2n) is 5.07. The number of ketones is 1. The monoisotopic (exact) mass is 342 g/mol. The third kappa shape index (κ3) is 2.90. The van der Waals surface area contributed by atoms with Crippen molar-refractivity contribution >= 4 is 32.6 Å². The van der Waals surface area contributed by atoms with E-state index in [4.69, 9.17) is 0 Å². The Hall–Kier alpha value is -1.94. The molecule has 2 aromatic carbocycles. The zero-order valence-electron chi connectivity index (χ0n) is 11.7. The van der Waals surface area contributed by atoms with Crippen molar-refractivity contribution in [3.63, 3.8) is 0 Å². The standard InChI is InChI=1S/C17H15BrN2O/c1-20-17-9-5-3-7-14(17)16(19-20)11-13(21)10-12-6-2-4-8-15(12)18/h2-9H,10-11H2,1H3. The average Bonchev–Trinajstić information content (AvgIpc) is 2.79. The zero-order valence-corrected chi connectivity index (χ0v) is 13.3. The highest BCUT2D eigenvalue weighted by Gasteiger charge is 2.13. The third-order valence-electron chi connectivity index (χ3n) is 3.54. The predicted molar refractivity (Wildman–Crippen MR) is 87.3 cm³/mol. The van der Waals surface area contributed by atoms with E-state index in [0.29, 0.717) is 12.8 Å². The van der Waals surface area contributed by atoms with Gasteiger partial charge in [0, 0.05) is 23.3 Å². The van der Waals surface area contributed by atoms with Gasteiger partial charge in [0.05, 0.1) is 17.6 Å². The molecule has 0 unspecified atom stereocenters. The van der Waals surface area contributed by atoms with Crippen LogP contribution in [0, 0.1) is 0 Å². The van der Waals surface area contributed by atoms with Gasteiger partial charge in [-0.05, 0) is 17.7 Å². The summed E-state index contributed by atoms with van der Waals surface area (Å²) in [5.74, 6) is 0.172. The van der Waals surface area contributed by atoms with Gasteiger partial charge in [0.2, 0.25) is 0 Å². The van der Waals surface area contributed by atoms with E-state index in [0.717, 1.165) is 26.6 Å². The van der Waals surface area contributed by atoms with Crippen LogP contribution < -0.4 is 0 Å². The summed E-state index contributed by atoms with van der Waals surface area (Å²) in [5, 5.41) is 5.53. The van der Waals surface area contributed by atoms with Crippen LogP contribution in [0.15, 0.2) is 53.0 Å². The lowest BCUT2D eigenvalue weighted by atomic mass is 10.0. The minimum absolute atomic E-state index is 0.172. The van der Waals surface area contributed by atoms with Crippen molar-refractivity contribution in [3.8, 4) is 0 Å². The first kappa shape index (κ1) is 14.0. The molecule has 0 bridgehead atoms. The van der Waals surface area contributed by atoms with E-state index in [1.807, 2.05) is 60.3 Å². The Balaban J connectivity index is 1.82. The molecule has 0 spiro atoms. The molecule has 0 N–H and O–H groups in total. The number of fused-ring (bicyclic) bond motifs is 1. The molecule has 106 valence electrons. The lowest BCUT2D eigenvalue weighted by Gasteiger charge is -2.03. The van der Waals surface area contributed by atoms with Gasteiger partial charge in [0.15, 0.2) is 0 Å². The smallest absolute Gasteiger partial charge is 0.143 e. The second-order valence-corrected chi connectivity index (χ2v) is 5.93. The molecule has 21 heavy (non-hydrogen) atoms. The van der Waals surface area contributed by atoms with Crippen LogP contribution in [-0.2, 0) is 24.7 Å². The highest BCUT2D eigenvalue weighted by atomic mass is 79.9. The zero-order chi connectivity index (χ0) is 14.8. The molecule has 0 aliphatic rings. The number of benzene rings is 2. The van der Waals surface area contributed by atoms with E-state index in [-0.39, 0.29) is 5.78 Å². The number of aryl methyl sites for hydroxylation is 1. The van der Waals surface area contributed by atoms with Crippen LogP contribution in [-0.4, -0.2) is 15.6 Å². The van der Waals surface area contributed by atoms with E-state index >= 15 is 0 Å². The van der Waals surface area contributed by atoms with Gasteiger partial charge in [-0.25, -0.2) is 0 Å². The highest BCUT2D eigenvalue weighted by molar-refractivity contribution is 9.10. The minimum atomic E-state index is 0.172. The number of nitrogens with zero attached hydrogens (tertiary/aromatic N) is 2. The fourth-order valence-electron chi connectivity index (χ4n) is 2.52. The van der Waals surface area contributed by atoms with Crippen LogP contribution in [0.5, 0.6) is 0 Å². The van der Waals surface area contributed by atoms with Crippen molar-refractivity contribution in [3.05, 3.63) is 64.3 Å². The lowest BCUT2D eigenvalue weighted by Crippen LogP contribution is -2.08. The van der Waals surface area contributed by atoms with Gasteiger partial charge in [0.25, 0.3) is 0 Å². The quantitative estimate of drug-likeness (QED) is 0.724. The van der Waals surface area contributed by atoms with Gasteiger partial charge >= 0.3 is 0 Å². The first-order valence-corrected chi connectivity index (χ1v) is 7.60. The summed E-state index contributed by atoms with van der Waals surface area (Å²) in [4.78, 5) is 12.3. The molecular weight excluding hydrogens is 328 g/mol. The van der Waals surface area contributed by atoms with Crippen molar-refractivity contribution in [1.29, 1.82) is 0 Å². The number of para-hydroxylation sites is 1. The topological polar surface area (TPSA) is 34.9 Å². The summed E-state index contributed by atoms with van der Waals surface area (Å²) in [5.41, 5.74) is 2.93. The van der Waals surface area contributed by atoms with Gasteiger partial charge < -0.3 is 0 Å². The molecule has 0 saturated heterocycles. The molecule has 4 heteroatoms. The molecule has 3 aromatic rings. The number of hydrogen-bond donors (Lipinski definition) is 0. The summed E-state index contributed by atoms with van der Waals surface area (Å²) in [6, 6.07) is 15.8. The Labute approximate surface area is 131 Å². The maximum absolute atomic E-state index is 12.3. The molecule has 1 heterocycles. The summed E-state index contributed by atoms with van der Waals surface area (Å²) < 4.78 is 2.81. The maximum Gasteiger partial charge on any atom is 0.143 e. The molecule has 0 radical (unpaired) electrons. The van der Waals surface area contributed by atoms with E-state index in [9.17, 15) is 4.79 Å². The number of aromatic nitrogens is 2. The predicted octanol–water partition coefficient (Wildman–Crippen LogP) is 3.69. The molecule has 0 aliphatic carbocycles. The molecule has 0 aliphatic heterocycles. The van der Waals surface area contributed by atoms with Crippen molar-refractivity contribution in [2.24, 2.45) is 7.05 Å². The van der Waals surface area contributed by atoms with Crippen LogP contribution in [0.2, 0.25) is 0 Å². The summed E-state index contributed by atoms with van der Waals surface area (Å²) in [7, 11) is 1.91. The van der Waals surface area contributed by atoms with Crippen LogP contribution >= 0.6 is 15.9 Å². The Morgan fingerprint density at radius 3 is 2.62 bits per heavy atom. The molecule has 0 atom stereocenters. The molecule has 3 rings (SSSR count). The minimum Gasteiger partial charge on any atom is -0.299 e. The molecular formula is C17H15BrN2O. The van der Waals surface area contributed by atoms with E-state index in [1.165, 1.54) is 0 Å². The second kappa shape index (κ2) is 5.82. The fraction of sp³-hybridized carbons (Fsp3) is 0.176. The third-order valence-corrected chi connectivity index (χ3v) is 4.32. The van der Waals surface area contributed by atoms with Crippen molar-refractivity contribution in [2.75, 3.05) is 0 Å². The van der Waals surface area contributed by atoms with Crippen LogP contribution in [0.25, 0.3) is 10.9 Å². The average molecular weight is 343 g/mol. The Bertz CT molecular complexity index is 807. The highest BCUT2D eigenvalue weighted by Crippen LogP contribution is 2.20. The van der Waals surface area contributed by atoms with Crippen LogP contribution in [0.3, 0.4) is 0 Å². The number of Topliss-reactive ketones (excluding diaryl/α,β-unsaturated/α-hetero) is 1. The van der Waals surface area contributed by atoms with Gasteiger partial charge in [-0.3, -0.25) is 9.48 Å². The number of carbonyl (C=O) groups excluding carboxylic acids is 1. The summed E-state index contributed by atoms with van der Waals surface area (Å²) in [6.45, 7) is 0. The molecule has 3 nitrogen and oxygen atoms in total. The number of rotatable bonds is 4. The van der Waals surface area contributed by atoms with Crippen LogP contribution in [0.1, 0.15) is 11.3 Å². The van der Waals surface area contributed by atoms with E-state index in [2.05, 4.69) is 21.0 Å². The molecule has 0 saturated carbocycles. The Kier molecular flexibility index (Phi) is 3.88.